The molecule has 0 aliphatic carbocycles. The van der Waals surface area contributed by atoms with Crippen LogP contribution in [0.25, 0.3) is 0 Å². The van der Waals surface area contributed by atoms with E-state index in [0.717, 1.165) is 6.07 Å². The molecule has 10 heteroatoms. The van der Waals surface area contributed by atoms with Crippen molar-refractivity contribution in [2.45, 2.75) is 21.8 Å². The first kappa shape index (κ1) is 18.1. The van der Waals surface area contributed by atoms with Gasteiger partial charge in [0.15, 0.2) is 0 Å². The van der Waals surface area contributed by atoms with E-state index in [1.165, 1.54) is 20.3 Å². The van der Waals surface area contributed by atoms with E-state index in [0.29, 0.717) is 0 Å². The lowest BCUT2D eigenvalue weighted by molar-refractivity contribution is -0.0460. The Hall–Kier alpha value is -0.960. The molecule has 2 atom stereocenters. The van der Waals surface area contributed by atoms with Gasteiger partial charge in [-0.3, -0.25) is 0 Å². The Morgan fingerprint density at radius 1 is 1.19 bits per heavy atom. The maximum absolute atomic E-state index is 12.5. The van der Waals surface area contributed by atoms with Crippen LogP contribution in [0.5, 0.6) is 11.5 Å². The molecule has 21 heavy (non-hydrogen) atoms. The summed E-state index contributed by atoms with van der Waals surface area (Å²) in [4.78, 5) is 0.0569. The molecule has 1 aromatic rings. The minimum absolute atomic E-state index is 0.00998. The van der Waals surface area contributed by atoms with Gasteiger partial charge in [0.25, 0.3) is 5.76 Å². The van der Waals surface area contributed by atoms with Crippen LogP contribution in [0.15, 0.2) is 17.0 Å². The Kier molecular flexibility index (Phi) is 5.54. The molecule has 0 aliphatic rings. The molecular weight excluding hydrogens is 302 g/mol. The average Bonchev–Trinajstić information content (AvgIpc) is 2.35. The zero-order valence-corrected chi connectivity index (χ0v) is 12.2. The molecule has 0 amide bonds. The second-order valence-electron chi connectivity index (χ2n) is 4.17. The number of halogens is 2. The highest BCUT2D eigenvalue weighted by molar-refractivity contribution is 7.99. The molecule has 112 valence electrons. The van der Waals surface area contributed by atoms with Crippen LogP contribution in [0, 0.1) is 0 Å². The lowest BCUT2D eigenvalue weighted by atomic mass is 9.61. The number of methoxy groups -OCH3 is 2. The number of nitrogens with two attached hydrogens (primary N) is 1. The fraction of sp³-hybridized carbons (Fsp3) is 0.455. The van der Waals surface area contributed by atoms with Gasteiger partial charge in [0.05, 0.1) is 30.2 Å². The number of hydrogen-bond acceptors (Lipinski definition) is 6. The van der Waals surface area contributed by atoms with Gasteiger partial charge in [-0.2, -0.15) is 8.78 Å². The summed E-state index contributed by atoms with van der Waals surface area (Å²) in [5.74, 6) is -2.78. The summed E-state index contributed by atoms with van der Waals surface area (Å²) in [6.07, 6.45) is 0. The first-order valence-electron chi connectivity index (χ1n) is 5.57. The maximum atomic E-state index is 12.5. The van der Waals surface area contributed by atoms with Crippen molar-refractivity contribution in [3.05, 3.63) is 17.7 Å². The topological polar surface area (TPSA) is 84.9 Å². The van der Waals surface area contributed by atoms with Crippen LogP contribution in [0.4, 0.5) is 8.78 Å². The molecule has 0 aromatic heterocycles. The first-order chi connectivity index (χ1) is 9.54. The minimum atomic E-state index is -2.69. The molecule has 0 fully saturated rings. The lowest BCUT2D eigenvalue weighted by Crippen LogP contribution is -2.59. The zero-order valence-electron chi connectivity index (χ0n) is 11.3. The van der Waals surface area contributed by atoms with Crippen molar-refractivity contribution in [2.75, 3.05) is 14.2 Å². The van der Waals surface area contributed by atoms with E-state index in [2.05, 4.69) is 0 Å². The SMILES string of the molecule is [B]C(N)(O)C([B])(O)c1cc(OC)c(SC(F)F)cc1OC. The summed E-state index contributed by atoms with van der Waals surface area (Å²) in [7, 11) is 13.2. The van der Waals surface area contributed by atoms with E-state index in [9.17, 15) is 19.0 Å². The predicted octanol–water partition coefficient (Wildman–Crippen LogP) is 0.105. The highest BCUT2D eigenvalue weighted by atomic mass is 32.2. The van der Waals surface area contributed by atoms with Gasteiger partial charge in [0.2, 0.25) is 0 Å². The third-order valence-electron chi connectivity index (χ3n) is 2.72. The molecule has 0 saturated heterocycles. The molecule has 5 nitrogen and oxygen atoms in total. The maximum Gasteiger partial charge on any atom is 0.289 e. The number of thioether (sulfide) groups is 1. The number of aliphatic hydroxyl groups is 2. The third-order valence-corrected chi connectivity index (χ3v) is 3.47. The Bertz CT molecular complexity index is 512. The molecule has 1 aromatic carbocycles. The Balaban J connectivity index is 3.47. The number of hydrogen-bond donors (Lipinski definition) is 3. The zero-order chi connectivity index (χ0) is 16.4. The smallest absolute Gasteiger partial charge is 0.289 e. The summed E-state index contributed by atoms with van der Waals surface area (Å²) in [5.41, 5.74) is -0.288. The van der Waals surface area contributed by atoms with E-state index >= 15 is 0 Å². The molecule has 4 radical (unpaired) electrons. The van der Waals surface area contributed by atoms with E-state index in [-0.39, 0.29) is 33.7 Å². The normalized spacial score (nSPS) is 17.1. The van der Waals surface area contributed by atoms with E-state index in [4.69, 9.17) is 30.9 Å². The quantitative estimate of drug-likeness (QED) is 0.392. The molecule has 0 heterocycles. The van der Waals surface area contributed by atoms with Gasteiger partial charge in [0, 0.05) is 5.56 Å². The Morgan fingerprint density at radius 2 is 1.71 bits per heavy atom. The van der Waals surface area contributed by atoms with Crippen LogP contribution >= 0.6 is 11.8 Å². The van der Waals surface area contributed by atoms with E-state index in [1.807, 2.05) is 0 Å². The number of alkyl halides is 2. The highest BCUT2D eigenvalue weighted by Crippen LogP contribution is 2.42. The average molecular weight is 315 g/mol. The van der Waals surface area contributed by atoms with E-state index < -0.39 is 16.9 Å². The minimum Gasteiger partial charge on any atom is -0.496 e. The monoisotopic (exact) mass is 315 g/mol. The van der Waals surface area contributed by atoms with Gasteiger partial charge in [-0.15, -0.1) is 0 Å². The number of benzene rings is 1. The Morgan fingerprint density at radius 3 is 2.10 bits per heavy atom. The molecule has 4 N–H and O–H groups in total. The van der Waals surface area contributed by atoms with Gasteiger partial charge < -0.3 is 25.4 Å². The van der Waals surface area contributed by atoms with Gasteiger partial charge >= 0.3 is 0 Å². The van der Waals surface area contributed by atoms with Gasteiger partial charge in [-0.1, -0.05) is 11.8 Å². The van der Waals surface area contributed by atoms with Crippen molar-refractivity contribution in [3.63, 3.8) is 0 Å². The molecule has 0 saturated carbocycles. The van der Waals surface area contributed by atoms with E-state index in [1.54, 1.807) is 0 Å². The first-order valence-corrected chi connectivity index (χ1v) is 6.45. The van der Waals surface area contributed by atoms with Crippen LogP contribution in [-0.2, 0) is 5.50 Å². The molecule has 0 spiro atoms. The molecule has 0 bridgehead atoms. The fourth-order valence-electron chi connectivity index (χ4n) is 1.57. The van der Waals surface area contributed by atoms with Gasteiger partial charge in [-0.25, -0.2) is 0 Å². The largest absolute Gasteiger partial charge is 0.496 e. The second-order valence-corrected chi connectivity index (χ2v) is 5.21. The van der Waals surface area contributed by atoms with Crippen molar-refractivity contribution in [2.24, 2.45) is 5.73 Å². The standard InChI is InChI=1S/C11H13B2F2NO4S/c1-19-6-4-8(21-9(14)15)7(20-2)3-5(6)10(12,17)11(13,16)18/h3-4,9,17-18H,16H2,1-2H3. The summed E-state index contributed by atoms with van der Waals surface area (Å²) in [5, 5.41) is 19.7. The molecule has 1 rings (SSSR count). The van der Waals surface area contributed by atoms with Crippen molar-refractivity contribution >= 4 is 27.5 Å². The fourth-order valence-corrected chi connectivity index (χ4v) is 2.20. The van der Waals surface area contributed by atoms with Crippen LogP contribution in [0.1, 0.15) is 5.56 Å². The third kappa shape index (κ3) is 3.82. The van der Waals surface area contributed by atoms with Gasteiger partial charge in [0.1, 0.15) is 27.2 Å². The van der Waals surface area contributed by atoms with Crippen molar-refractivity contribution in [1.82, 2.24) is 0 Å². The van der Waals surface area contributed by atoms with Gasteiger partial charge in [-0.05, 0) is 12.1 Å². The summed E-state index contributed by atoms with van der Waals surface area (Å²) < 4.78 is 34.9. The van der Waals surface area contributed by atoms with Crippen molar-refractivity contribution in [3.8, 4) is 11.5 Å². The number of rotatable bonds is 6. The molecular formula is C11H13B2F2NO4S. The van der Waals surface area contributed by atoms with Crippen molar-refractivity contribution < 1.29 is 28.5 Å². The predicted molar refractivity (Wildman–Crippen MR) is 75.9 cm³/mol. The molecule has 0 aliphatic heterocycles. The van der Waals surface area contributed by atoms with Crippen LogP contribution in [-0.4, -0.2) is 51.5 Å². The summed E-state index contributed by atoms with van der Waals surface area (Å²) in [6, 6.07) is 2.29. The van der Waals surface area contributed by atoms with Crippen LogP contribution in [0.2, 0.25) is 0 Å². The Labute approximate surface area is 127 Å². The van der Waals surface area contributed by atoms with Crippen molar-refractivity contribution in [1.29, 1.82) is 0 Å². The van der Waals surface area contributed by atoms with Crippen LogP contribution in [0.3, 0.4) is 0 Å². The summed E-state index contributed by atoms with van der Waals surface area (Å²) >= 11 is 0.220. The lowest BCUT2D eigenvalue weighted by Gasteiger charge is -2.38. The second kappa shape index (κ2) is 6.43. The number of ether oxygens (including phenoxy) is 2. The highest BCUT2D eigenvalue weighted by Gasteiger charge is 2.41. The van der Waals surface area contributed by atoms with Crippen LogP contribution < -0.4 is 15.2 Å². The molecule has 2 unspecified atom stereocenters. The summed E-state index contributed by atoms with van der Waals surface area (Å²) in [6.45, 7) is 0.